The average Bonchev–Trinajstić information content (AvgIpc) is 2.45. The molecule has 0 radical (unpaired) electrons. The fourth-order valence-corrected chi connectivity index (χ4v) is 1.88. The Labute approximate surface area is 122 Å². The van der Waals surface area contributed by atoms with Crippen molar-refractivity contribution in [2.24, 2.45) is 0 Å². The SMILES string of the molecule is CN(C(=O)c1cc(N)c2ccccc2n1)C(C)(C)C(=O)O. The number of anilines is 1. The summed E-state index contributed by atoms with van der Waals surface area (Å²) in [7, 11) is 1.43. The van der Waals surface area contributed by atoms with Gasteiger partial charge in [-0.25, -0.2) is 9.78 Å². The van der Waals surface area contributed by atoms with Crippen molar-refractivity contribution in [3.8, 4) is 0 Å². The second-order valence-electron chi connectivity index (χ2n) is 5.34. The van der Waals surface area contributed by atoms with Gasteiger partial charge in [-0.05, 0) is 26.0 Å². The lowest BCUT2D eigenvalue weighted by molar-refractivity contribution is -0.147. The number of carbonyl (C=O) groups excluding carboxylic acids is 1. The van der Waals surface area contributed by atoms with Crippen LogP contribution >= 0.6 is 0 Å². The van der Waals surface area contributed by atoms with E-state index in [1.54, 1.807) is 12.1 Å². The van der Waals surface area contributed by atoms with Gasteiger partial charge in [0, 0.05) is 18.1 Å². The lowest BCUT2D eigenvalue weighted by Gasteiger charge is -2.31. The number of carboxylic acids is 1. The number of pyridine rings is 1. The molecule has 2 rings (SSSR count). The predicted molar refractivity (Wildman–Crippen MR) is 80.0 cm³/mol. The van der Waals surface area contributed by atoms with Crippen LogP contribution in [0.25, 0.3) is 10.9 Å². The Balaban J connectivity index is 2.47. The zero-order valence-electron chi connectivity index (χ0n) is 12.1. The number of para-hydroxylation sites is 1. The van der Waals surface area contributed by atoms with E-state index < -0.39 is 17.4 Å². The minimum Gasteiger partial charge on any atom is -0.480 e. The molecule has 1 aromatic heterocycles. The second-order valence-corrected chi connectivity index (χ2v) is 5.34. The molecule has 0 bridgehead atoms. The first kappa shape index (κ1) is 14.8. The van der Waals surface area contributed by atoms with E-state index in [1.165, 1.54) is 27.0 Å². The highest BCUT2D eigenvalue weighted by atomic mass is 16.4. The number of aromatic nitrogens is 1. The monoisotopic (exact) mass is 287 g/mol. The molecular formula is C15H17N3O3. The van der Waals surface area contributed by atoms with Gasteiger partial charge in [-0.15, -0.1) is 0 Å². The number of amides is 1. The maximum atomic E-state index is 12.4. The Kier molecular flexibility index (Phi) is 3.55. The zero-order valence-corrected chi connectivity index (χ0v) is 12.1. The minimum absolute atomic E-state index is 0.128. The fourth-order valence-electron chi connectivity index (χ4n) is 1.88. The number of hydrogen-bond acceptors (Lipinski definition) is 4. The van der Waals surface area contributed by atoms with E-state index in [0.29, 0.717) is 11.2 Å². The Morgan fingerprint density at radius 2 is 1.90 bits per heavy atom. The molecule has 2 aromatic rings. The number of nitrogen functional groups attached to an aromatic ring is 1. The van der Waals surface area contributed by atoms with Crippen LogP contribution in [0.5, 0.6) is 0 Å². The molecule has 3 N–H and O–H groups in total. The van der Waals surface area contributed by atoms with Gasteiger partial charge in [-0.2, -0.15) is 0 Å². The second kappa shape index (κ2) is 5.05. The lowest BCUT2D eigenvalue weighted by atomic mass is 10.0. The van der Waals surface area contributed by atoms with E-state index in [2.05, 4.69) is 4.98 Å². The quantitative estimate of drug-likeness (QED) is 0.896. The summed E-state index contributed by atoms with van der Waals surface area (Å²) in [6.45, 7) is 2.91. The maximum absolute atomic E-state index is 12.4. The predicted octanol–water partition coefficient (Wildman–Crippen LogP) is 1.75. The fraction of sp³-hybridized carbons (Fsp3) is 0.267. The summed E-state index contributed by atoms with van der Waals surface area (Å²) in [4.78, 5) is 29.1. The van der Waals surface area contributed by atoms with E-state index in [1.807, 2.05) is 12.1 Å². The Morgan fingerprint density at radius 3 is 2.52 bits per heavy atom. The molecule has 6 nitrogen and oxygen atoms in total. The number of likely N-dealkylation sites (N-methyl/N-ethyl adjacent to an activating group) is 1. The van der Waals surface area contributed by atoms with Crippen LogP contribution in [-0.2, 0) is 4.79 Å². The van der Waals surface area contributed by atoms with Crippen molar-refractivity contribution in [1.82, 2.24) is 9.88 Å². The summed E-state index contributed by atoms with van der Waals surface area (Å²) >= 11 is 0. The van der Waals surface area contributed by atoms with E-state index in [-0.39, 0.29) is 5.69 Å². The van der Waals surface area contributed by atoms with Crippen LogP contribution < -0.4 is 5.73 Å². The molecule has 0 aliphatic carbocycles. The smallest absolute Gasteiger partial charge is 0.329 e. The summed E-state index contributed by atoms with van der Waals surface area (Å²) < 4.78 is 0. The molecule has 0 saturated carbocycles. The first-order valence-corrected chi connectivity index (χ1v) is 6.42. The van der Waals surface area contributed by atoms with Crippen molar-refractivity contribution in [3.63, 3.8) is 0 Å². The molecule has 21 heavy (non-hydrogen) atoms. The topological polar surface area (TPSA) is 96.5 Å². The minimum atomic E-state index is -1.33. The number of hydrogen-bond donors (Lipinski definition) is 2. The highest BCUT2D eigenvalue weighted by Gasteiger charge is 2.36. The summed E-state index contributed by atoms with van der Waals surface area (Å²) in [5.41, 5.74) is 5.77. The molecule has 110 valence electrons. The number of carboxylic acid groups (broad SMARTS) is 1. The van der Waals surface area contributed by atoms with Crippen LogP contribution in [0.3, 0.4) is 0 Å². The van der Waals surface area contributed by atoms with Gasteiger partial charge in [0.1, 0.15) is 11.2 Å². The summed E-state index contributed by atoms with van der Waals surface area (Å²) in [6, 6.07) is 8.68. The van der Waals surface area contributed by atoms with Crippen LogP contribution in [-0.4, -0.2) is 39.5 Å². The van der Waals surface area contributed by atoms with E-state index in [4.69, 9.17) is 5.73 Å². The number of nitrogens with zero attached hydrogens (tertiary/aromatic N) is 2. The first-order valence-electron chi connectivity index (χ1n) is 6.42. The average molecular weight is 287 g/mol. The van der Waals surface area contributed by atoms with Crippen LogP contribution in [0, 0.1) is 0 Å². The van der Waals surface area contributed by atoms with Gasteiger partial charge in [-0.1, -0.05) is 18.2 Å². The van der Waals surface area contributed by atoms with Crippen molar-refractivity contribution in [2.45, 2.75) is 19.4 Å². The third kappa shape index (κ3) is 2.52. The molecule has 0 aliphatic rings. The maximum Gasteiger partial charge on any atom is 0.329 e. The van der Waals surface area contributed by atoms with Gasteiger partial charge in [-0.3, -0.25) is 4.79 Å². The molecule has 0 unspecified atom stereocenters. The van der Waals surface area contributed by atoms with Crippen molar-refractivity contribution in [2.75, 3.05) is 12.8 Å². The van der Waals surface area contributed by atoms with Gasteiger partial charge in [0.25, 0.3) is 5.91 Å². The number of carbonyl (C=O) groups is 2. The molecule has 0 saturated heterocycles. The Morgan fingerprint density at radius 1 is 1.29 bits per heavy atom. The number of rotatable bonds is 3. The normalized spacial score (nSPS) is 11.4. The zero-order chi connectivity index (χ0) is 15.8. The van der Waals surface area contributed by atoms with Crippen molar-refractivity contribution < 1.29 is 14.7 Å². The molecule has 1 amide bonds. The highest BCUT2D eigenvalue weighted by Crippen LogP contribution is 2.22. The van der Waals surface area contributed by atoms with Gasteiger partial charge < -0.3 is 15.7 Å². The molecular weight excluding hydrogens is 270 g/mol. The molecule has 0 atom stereocenters. The van der Waals surface area contributed by atoms with Gasteiger partial charge in [0.15, 0.2) is 0 Å². The third-order valence-electron chi connectivity index (χ3n) is 3.63. The van der Waals surface area contributed by atoms with Crippen molar-refractivity contribution in [3.05, 3.63) is 36.0 Å². The van der Waals surface area contributed by atoms with Gasteiger partial charge in [0.2, 0.25) is 0 Å². The molecule has 6 heteroatoms. The lowest BCUT2D eigenvalue weighted by Crippen LogP contribution is -2.51. The number of fused-ring (bicyclic) bond motifs is 1. The van der Waals surface area contributed by atoms with Crippen molar-refractivity contribution in [1.29, 1.82) is 0 Å². The molecule has 1 aromatic carbocycles. The number of aliphatic carboxylic acids is 1. The van der Waals surface area contributed by atoms with E-state index in [0.717, 1.165) is 10.3 Å². The van der Waals surface area contributed by atoms with Crippen LogP contribution in [0.2, 0.25) is 0 Å². The largest absolute Gasteiger partial charge is 0.480 e. The Bertz CT molecular complexity index is 725. The van der Waals surface area contributed by atoms with Crippen LogP contribution in [0.15, 0.2) is 30.3 Å². The van der Waals surface area contributed by atoms with Crippen molar-refractivity contribution >= 4 is 28.5 Å². The highest BCUT2D eigenvalue weighted by molar-refractivity contribution is 6.00. The molecule has 0 fully saturated rings. The Hall–Kier alpha value is -2.63. The molecule has 0 aliphatic heterocycles. The number of benzene rings is 1. The van der Waals surface area contributed by atoms with Crippen LogP contribution in [0.1, 0.15) is 24.3 Å². The molecule has 1 heterocycles. The van der Waals surface area contributed by atoms with Gasteiger partial charge in [0.05, 0.1) is 5.52 Å². The summed E-state index contributed by atoms with van der Waals surface area (Å²) in [6.07, 6.45) is 0. The third-order valence-corrected chi connectivity index (χ3v) is 3.63. The summed E-state index contributed by atoms with van der Waals surface area (Å²) in [5.74, 6) is -1.58. The molecule has 0 spiro atoms. The van der Waals surface area contributed by atoms with Crippen LogP contribution in [0.4, 0.5) is 5.69 Å². The van der Waals surface area contributed by atoms with E-state index in [9.17, 15) is 14.7 Å². The van der Waals surface area contributed by atoms with Gasteiger partial charge >= 0.3 is 5.97 Å². The standard InChI is InChI=1S/C15H17N3O3/c1-15(2,14(20)21)18(3)13(19)12-8-10(16)9-6-4-5-7-11(9)17-12/h4-8H,1-3H3,(H2,16,17)(H,20,21). The number of nitrogens with two attached hydrogens (primary N) is 1. The first-order chi connectivity index (χ1) is 9.75. The summed E-state index contributed by atoms with van der Waals surface area (Å²) in [5, 5.41) is 9.95. The van der Waals surface area contributed by atoms with E-state index >= 15 is 0 Å².